The van der Waals surface area contributed by atoms with Gasteiger partial charge in [0.15, 0.2) is 0 Å². The number of benzene rings is 5. The van der Waals surface area contributed by atoms with E-state index in [-0.39, 0.29) is 17.9 Å². The lowest BCUT2D eigenvalue weighted by atomic mass is 9.97. The number of anilines is 6. The van der Waals surface area contributed by atoms with Gasteiger partial charge in [-0.25, -0.2) is 4.79 Å². The van der Waals surface area contributed by atoms with E-state index < -0.39 is 20.4 Å². The van der Waals surface area contributed by atoms with Crippen molar-refractivity contribution in [1.29, 1.82) is 0 Å². The number of nitrogens with one attached hydrogen (secondary N) is 1. The molecule has 10 aliphatic heterocycles. The molecule has 0 atom stereocenters. The Morgan fingerprint density at radius 2 is 0.760 bits per heavy atom. The van der Waals surface area contributed by atoms with Crippen LogP contribution in [0.2, 0.25) is 0 Å². The molecule has 5 aromatic heterocycles. The fourth-order valence-electron chi connectivity index (χ4n) is 15.7. The van der Waals surface area contributed by atoms with E-state index in [9.17, 15) is 31.2 Å². The quantitative estimate of drug-likeness (QED) is 0.169. The van der Waals surface area contributed by atoms with Crippen molar-refractivity contribution in [2.24, 2.45) is 0 Å². The summed E-state index contributed by atoms with van der Waals surface area (Å²) in [5.41, 5.74) is 26.6. The summed E-state index contributed by atoms with van der Waals surface area (Å²) in [5.74, 6) is 1.23. The first-order valence-corrected chi connectivity index (χ1v) is 38.2. The van der Waals surface area contributed by atoms with Crippen LogP contribution in [0.25, 0.3) is 55.6 Å². The third kappa shape index (κ3) is 13.1. The van der Waals surface area contributed by atoms with Crippen LogP contribution in [-0.4, -0.2) is 144 Å². The summed E-state index contributed by atoms with van der Waals surface area (Å²) in [6.07, 6.45) is 25.5. The van der Waals surface area contributed by atoms with Crippen molar-refractivity contribution in [1.82, 2.24) is 33.9 Å². The van der Waals surface area contributed by atoms with E-state index in [1.54, 1.807) is 47.2 Å². The fourth-order valence-corrected chi connectivity index (χ4v) is 18.5. The number of pyridine rings is 5. The van der Waals surface area contributed by atoms with Crippen molar-refractivity contribution in [2.45, 2.75) is 64.2 Å². The summed E-state index contributed by atoms with van der Waals surface area (Å²) in [7, 11) is -3.03. The van der Waals surface area contributed by atoms with Gasteiger partial charge >= 0.3 is 26.5 Å². The number of aromatic nitrogens is 5. The first kappa shape index (κ1) is 67.6. The minimum Gasteiger partial charge on any atom is -0.491 e. The van der Waals surface area contributed by atoms with Crippen LogP contribution in [0, 0.1) is 0 Å². The molecule has 0 radical (unpaired) electrons. The molecule has 104 heavy (non-hydrogen) atoms. The van der Waals surface area contributed by atoms with E-state index in [1.807, 2.05) is 95.4 Å². The Labute approximate surface area is 605 Å². The molecule has 22 nitrogen and oxygen atoms in total. The lowest BCUT2D eigenvalue weighted by molar-refractivity contribution is -0.119. The highest BCUT2D eigenvalue weighted by molar-refractivity contribution is 7.91. The van der Waals surface area contributed by atoms with Crippen LogP contribution in [-0.2, 0) is 86.1 Å². The molecule has 0 saturated carbocycles. The highest BCUT2D eigenvalue weighted by Crippen LogP contribution is 2.46. The third-order valence-corrected chi connectivity index (χ3v) is 24.2. The maximum Gasteiger partial charge on any atom is 0.414 e. The lowest BCUT2D eigenvalue weighted by Crippen LogP contribution is -2.40. The van der Waals surface area contributed by atoms with E-state index in [0.29, 0.717) is 58.7 Å². The van der Waals surface area contributed by atoms with Gasteiger partial charge in [-0.15, -0.1) is 0 Å². The number of hydrogen-bond donors (Lipinski definition) is 1. The standard InChI is InChI=1S/C17H17N3O.C16H17N3O2S.2C16H14N2O2.C15H15N3O2S/c1-19-7-5-16(21)20-8-4-12-9-14(10-15(19)17(12)20)13-3-2-6-18-11-13;1-18-7-4-12-9-15(14-3-2-6-17-11-14)10-13-5-8-19(16(12)13)22(18,20)21;19-16-18-6-3-11-8-14(13-2-1-5-17-10-13)9-12(15(11)18)4-7-20-16;19-15-4-7-20-14-9-13(12-2-1-5-17-10-12)8-11-3-6-18(15)16(11)14;19-21(20)17-6-3-11-8-14(13-2-1-5-16-10-13)9-12-4-7-18(21)15(11)12/h2-3,6,9-11H,4-5,7-8H2,1H3;2-3,6,9-11H,4-5,7-8H2,1H3;2*1-2,5,8-10H,3-4,6-7H2;1-2,5,8-10,17H,3-4,6-7H2. The molecule has 3 amide bonds. The number of carbonyl (C=O) groups is 3. The van der Waals surface area contributed by atoms with Crippen molar-refractivity contribution in [2.75, 3.05) is 108 Å². The Bertz CT molecular complexity index is 5100. The second-order valence-electron chi connectivity index (χ2n) is 27.1. The molecule has 24 heteroatoms. The topological polar surface area (TPSA) is 237 Å². The first-order valence-electron chi connectivity index (χ1n) is 35.4. The van der Waals surface area contributed by atoms with Crippen LogP contribution >= 0.6 is 0 Å². The highest BCUT2D eigenvalue weighted by Gasteiger charge is 2.39. The van der Waals surface area contributed by atoms with Crippen LogP contribution < -0.4 is 37.7 Å². The van der Waals surface area contributed by atoms with Gasteiger partial charge in [0.25, 0.3) is 0 Å². The predicted octanol–water partition coefficient (Wildman–Crippen LogP) is 11.0. The van der Waals surface area contributed by atoms with E-state index in [0.717, 1.165) is 178 Å². The highest BCUT2D eigenvalue weighted by atomic mass is 32.2. The minimum absolute atomic E-state index is 0.164. The van der Waals surface area contributed by atoms with E-state index in [4.69, 9.17) is 9.47 Å². The van der Waals surface area contributed by atoms with Crippen molar-refractivity contribution in [3.05, 3.63) is 228 Å². The molecule has 0 saturated heterocycles. The number of amides is 3. The number of nitrogens with zero attached hydrogens (tertiary/aromatic N) is 12. The summed E-state index contributed by atoms with van der Waals surface area (Å²) in [6, 6.07) is 41.2. The van der Waals surface area contributed by atoms with Crippen LogP contribution in [0.3, 0.4) is 0 Å². The van der Waals surface area contributed by atoms with Crippen LogP contribution in [0.15, 0.2) is 183 Å². The molecule has 20 rings (SSSR count). The Morgan fingerprint density at radius 3 is 1.28 bits per heavy atom. The van der Waals surface area contributed by atoms with Gasteiger partial charge in [0, 0.05) is 169 Å². The van der Waals surface area contributed by atoms with Gasteiger partial charge in [-0.3, -0.25) is 48.0 Å². The molecule has 15 heterocycles. The summed E-state index contributed by atoms with van der Waals surface area (Å²) in [4.78, 5) is 64.8. The smallest absolute Gasteiger partial charge is 0.414 e. The average Bonchev–Trinajstić information content (AvgIpc) is 1.63. The molecule has 0 bridgehead atoms. The molecule has 528 valence electrons. The second kappa shape index (κ2) is 28.4. The number of hydrogen-bond acceptors (Lipinski definition) is 15. The number of carbonyl (C=O) groups excluding carboxylic acids is 3. The van der Waals surface area contributed by atoms with Crippen LogP contribution in [0.4, 0.5) is 38.9 Å². The maximum absolute atomic E-state index is 12.6. The average molecular weight is 1430 g/mol. The van der Waals surface area contributed by atoms with Crippen molar-refractivity contribution in [3.63, 3.8) is 0 Å². The van der Waals surface area contributed by atoms with Crippen molar-refractivity contribution in [3.8, 4) is 61.4 Å². The van der Waals surface area contributed by atoms with Gasteiger partial charge < -0.3 is 24.2 Å². The summed E-state index contributed by atoms with van der Waals surface area (Å²) in [6.45, 7) is 6.00. The second-order valence-corrected chi connectivity index (χ2v) is 30.8. The summed E-state index contributed by atoms with van der Waals surface area (Å²) in [5, 5.41) is 0. The monoisotopic (exact) mass is 1430 g/mol. The van der Waals surface area contributed by atoms with E-state index >= 15 is 0 Å². The summed E-state index contributed by atoms with van der Waals surface area (Å²) >= 11 is 0. The molecule has 0 unspecified atom stereocenters. The molecule has 0 aliphatic carbocycles. The van der Waals surface area contributed by atoms with Gasteiger partial charge in [0.2, 0.25) is 11.8 Å². The molecule has 10 aromatic rings. The van der Waals surface area contributed by atoms with Crippen LogP contribution in [0.1, 0.15) is 57.3 Å². The lowest BCUT2D eigenvalue weighted by Gasteiger charge is -2.23. The van der Waals surface area contributed by atoms with Gasteiger partial charge in [0.05, 0.1) is 53.8 Å². The van der Waals surface area contributed by atoms with Gasteiger partial charge in [0.1, 0.15) is 5.75 Å². The Balaban J connectivity index is 0.000000100. The van der Waals surface area contributed by atoms with E-state index in [2.05, 4.69) is 108 Å². The molecule has 5 aromatic carbocycles. The van der Waals surface area contributed by atoms with Gasteiger partial charge in [-0.1, -0.05) is 30.3 Å². The number of cyclic esters (lactones) is 1. The SMILES string of the molecule is CN1CCC(=O)N2CCc3cc(-c4cccnc4)cc1c32.CN1CCc2cc(-c3cccnc3)cc3c2N(CC3)S1(=O)=O.O=C1CCOc2cc(-c3cccnc3)cc3c2N1CC3.O=C1OCCc2cc(-c3cccnc3)cc3c2N1CC3.O=S1(=O)NCCc2cc(-c3cccnc3)cc3c2N1CC3. The normalized spacial score (nSPS) is 17.8. The molecular weight excluding hydrogens is 1350 g/mol. The Morgan fingerprint density at radius 1 is 0.365 bits per heavy atom. The number of likely N-dealkylation sites (N-methyl/N-ethyl adjacent to an activating group) is 1. The maximum atomic E-state index is 12.6. The molecule has 0 spiro atoms. The minimum atomic E-state index is -3.38. The summed E-state index contributed by atoms with van der Waals surface area (Å²) < 4.78 is 67.7. The van der Waals surface area contributed by atoms with Crippen molar-refractivity contribution >= 4 is 72.5 Å². The molecule has 10 aliphatic rings. The van der Waals surface area contributed by atoms with Gasteiger partial charge in [-0.05, 0) is 208 Å². The Hall–Kier alpha value is -10.9. The number of rotatable bonds is 5. The zero-order valence-corrected chi connectivity index (χ0v) is 59.5. The fraction of sp³-hybridized carbons (Fsp3) is 0.275. The van der Waals surface area contributed by atoms with Crippen molar-refractivity contribution < 1.29 is 40.7 Å². The van der Waals surface area contributed by atoms with E-state index in [1.165, 1.54) is 42.0 Å². The molecular formula is C80H77N13O9S2. The Kier molecular flexibility index (Phi) is 18.4. The predicted molar refractivity (Wildman–Crippen MR) is 403 cm³/mol. The number of ether oxygens (including phenoxy) is 2. The molecule has 1 N–H and O–H groups in total. The zero-order valence-electron chi connectivity index (χ0n) is 57.8. The van der Waals surface area contributed by atoms with Gasteiger partial charge in [-0.2, -0.15) is 25.9 Å². The zero-order chi connectivity index (χ0) is 71.2. The third-order valence-electron chi connectivity index (χ3n) is 20.8. The molecule has 0 fully saturated rings. The van der Waals surface area contributed by atoms with Crippen LogP contribution in [0.5, 0.6) is 5.75 Å². The largest absolute Gasteiger partial charge is 0.491 e. The first-order chi connectivity index (χ1) is 50.6.